The van der Waals surface area contributed by atoms with Crippen LogP contribution in [0.25, 0.3) is 0 Å². The zero-order chi connectivity index (χ0) is 17.5. The number of aliphatic hydroxyl groups is 1. The highest BCUT2D eigenvalue weighted by Crippen LogP contribution is 2.09. The van der Waals surface area contributed by atoms with Crippen molar-refractivity contribution in [3.8, 4) is 0 Å². The summed E-state index contributed by atoms with van der Waals surface area (Å²) >= 11 is 0. The van der Waals surface area contributed by atoms with Gasteiger partial charge in [0.05, 0.1) is 25.0 Å². The topological polar surface area (TPSA) is 62.0 Å². The van der Waals surface area contributed by atoms with Gasteiger partial charge in [0.25, 0.3) is 0 Å². The van der Waals surface area contributed by atoms with Crippen molar-refractivity contribution in [1.29, 1.82) is 0 Å². The summed E-state index contributed by atoms with van der Waals surface area (Å²) in [4.78, 5) is 4.53. The van der Waals surface area contributed by atoms with Crippen LogP contribution in [-0.4, -0.2) is 65.5 Å². The Morgan fingerprint density at radius 2 is 1.92 bits per heavy atom. The Hall–Kier alpha value is -1.80. The smallest absolute Gasteiger partial charge is 0.128 e. The maximum Gasteiger partial charge on any atom is 0.128 e. The summed E-state index contributed by atoms with van der Waals surface area (Å²) in [5, 5.41) is 14.1. The van der Waals surface area contributed by atoms with Crippen LogP contribution in [0.15, 0.2) is 41.1 Å². The van der Waals surface area contributed by atoms with Crippen LogP contribution in [0.3, 0.4) is 0 Å². The van der Waals surface area contributed by atoms with Gasteiger partial charge < -0.3 is 14.4 Å². The van der Waals surface area contributed by atoms with E-state index >= 15 is 0 Å². The fraction of sp³-hybridized carbons (Fsp3) is 0.500. The molecule has 1 N–H and O–H groups in total. The van der Waals surface area contributed by atoms with Crippen molar-refractivity contribution < 1.29 is 18.8 Å². The molecule has 3 rings (SSSR count). The molecule has 1 saturated heterocycles. The van der Waals surface area contributed by atoms with E-state index in [9.17, 15) is 9.50 Å². The Kier molecular flexibility index (Phi) is 6.52. The number of rotatable bonds is 8. The molecule has 0 radical (unpaired) electrons. The average Bonchev–Trinajstić information content (AvgIpc) is 3.11. The second kappa shape index (κ2) is 9.05. The summed E-state index contributed by atoms with van der Waals surface area (Å²) in [5.74, 6) is -0.278. The molecule has 7 heteroatoms. The normalized spacial score (nSPS) is 17.7. The van der Waals surface area contributed by atoms with Crippen molar-refractivity contribution in [3.05, 3.63) is 53.7 Å². The number of piperazine rings is 1. The summed E-state index contributed by atoms with van der Waals surface area (Å²) in [6.45, 7) is 5.37. The summed E-state index contributed by atoms with van der Waals surface area (Å²) < 4.78 is 23.8. The van der Waals surface area contributed by atoms with E-state index in [0.717, 1.165) is 38.4 Å². The molecule has 0 bridgehead atoms. The molecule has 1 aromatic heterocycles. The van der Waals surface area contributed by atoms with Gasteiger partial charge in [-0.1, -0.05) is 23.4 Å². The minimum atomic E-state index is -0.575. The van der Waals surface area contributed by atoms with Crippen LogP contribution in [0, 0.1) is 5.82 Å². The van der Waals surface area contributed by atoms with Crippen molar-refractivity contribution in [2.45, 2.75) is 19.3 Å². The predicted molar refractivity (Wildman–Crippen MR) is 90.3 cm³/mol. The molecule has 136 valence electrons. The van der Waals surface area contributed by atoms with E-state index in [2.05, 4.69) is 15.0 Å². The first-order valence-electron chi connectivity index (χ1n) is 8.54. The van der Waals surface area contributed by atoms with E-state index in [-0.39, 0.29) is 19.0 Å². The zero-order valence-corrected chi connectivity index (χ0v) is 14.2. The number of nitrogens with zero attached hydrogens (tertiary/aromatic N) is 3. The Balaban J connectivity index is 1.32. The Morgan fingerprint density at radius 3 is 2.64 bits per heavy atom. The third-order valence-electron chi connectivity index (χ3n) is 4.34. The molecule has 1 aliphatic heterocycles. The molecule has 2 heterocycles. The van der Waals surface area contributed by atoms with E-state index in [1.165, 1.54) is 6.07 Å². The highest BCUT2D eigenvalue weighted by molar-refractivity contribution is 5.16. The lowest BCUT2D eigenvalue weighted by Gasteiger charge is -2.35. The minimum absolute atomic E-state index is 0.176. The Bertz CT molecular complexity index is 630. The number of hydrogen-bond donors (Lipinski definition) is 1. The van der Waals surface area contributed by atoms with Gasteiger partial charge in [-0.3, -0.25) is 9.80 Å². The number of β-amino-alcohol motifs (C(OH)–C–C–N with tert-alkyl or cyclic N) is 1. The minimum Gasteiger partial charge on any atom is -0.389 e. The Labute approximate surface area is 146 Å². The molecular weight excluding hydrogens is 325 g/mol. The third-order valence-corrected chi connectivity index (χ3v) is 4.34. The van der Waals surface area contributed by atoms with E-state index in [4.69, 9.17) is 9.26 Å². The number of hydrogen-bond acceptors (Lipinski definition) is 6. The predicted octanol–water partition coefficient (Wildman–Crippen LogP) is 1.51. The maximum absolute atomic E-state index is 13.5. The maximum atomic E-state index is 13.5. The monoisotopic (exact) mass is 349 g/mol. The standard InChI is InChI=1S/C18H24FN3O3/c19-18-4-2-1-3-15(18)13-24-14-17(23)12-22-8-6-21(7-9-22)11-16-5-10-25-20-16/h1-5,10,17,23H,6-9,11-14H2. The van der Waals surface area contributed by atoms with E-state index in [1.807, 2.05) is 6.07 Å². The van der Waals surface area contributed by atoms with Gasteiger partial charge in [0.2, 0.25) is 0 Å². The van der Waals surface area contributed by atoms with Gasteiger partial charge in [-0.2, -0.15) is 0 Å². The van der Waals surface area contributed by atoms with Crippen LogP contribution in [-0.2, 0) is 17.9 Å². The molecule has 0 saturated carbocycles. The van der Waals surface area contributed by atoms with Crippen LogP contribution >= 0.6 is 0 Å². The molecule has 0 aliphatic carbocycles. The largest absolute Gasteiger partial charge is 0.389 e. The van der Waals surface area contributed by atoms with Crippen molar-refractivity contribution in [3.63, 3.8) is 0 Å². The molecule has 6 nitrogen and oxygen atoms in total. The number of benzene rings is 1. The van der Waals surface area contributed by atoms with Gasteiger partial charge >= 0.3 is 0 Å². The summed E-state index contributed by atoms with van der Waals surface area (Å²) in [7, 11) is 0. The SMILES string of the molecule is OC(COCc1ccccc1F)CN1CCN(Cc2ccon2)CC1. The van der Waals surface area contributed by atoms with Gasteiger partial charge in [0.1, 0.15) is 12.1 Å². The van der Waals surface area contributed by atoms with Crippen molar-refractivity contribution >= 4 is 0 Å². The van der Waals surface area contributed by atoms with Crippen LogP contribution in [0.4, 0.5) is 4.39 Å². The van der Waals surface area contributed by atoms with Gasteiger partial charge in [0.15, 0.2) is 0 Å². The molecular formula is C18H24FN3O3. The molecule has 1 aromatic carbocycles. The summed E-state index contributed by atoms with van der Waals surface area (Å²) in [5.41, 5.74) is 1.45. The number of aromatic nitrogens is 1. The highest BCUT2D eigenvalue weighted by atomic mass is 19.1. The summed E-state index contributed by atoms with van der Waals surface area (Å²) in [6, 6.07) is 8.40. The first-order valence-corrected chi connectivity index (χ1v) is 8.54. The lowest BCUT2D eigenvalue weighted by molar-refractivity contribution is 0.000133. The second-order valence-corrected chi connectivity index (χ2v) is 6.33. The van der Waals surface area contributed by atoms with Gasteiger partial charge in [-0.25, -0.2) is 4.39 Å². The van der Waals surface area contributed by atoms with Crippen LogP contribution < -0.4 is 0 Å². The van der Waals surface area contributed by atoms with Crippen molar-refractivity contribution in [2.75, 3.05) is 39.3 Å². The molecule has 1 fully saturated rings. The molecule has 25 heavy (non-hydrogen) atoms. The molecule has 1 atom stereocenters. The molecule has 0 spiro atoms. The van der Waals surface area contributed by atoms with E-state index in [1.54, 1.807) is 24.5 Å². The summed E-state index contributed by atoms with van der Waals surface area (Å²) in [6.07, 6.45) is 1.01. The Morgan fingerprint density at radius 1 is 1.16 bits per heavy atom. The molecule has 2 aromatic rings. The fourth-order valence-electron chi connectivity index (χ4n) is 2.95. The molecule has 1 unspecified atom stereocenters. The van der Waals surface area contributed by atoms with Gasteiger partial charge in [-0.15, -0.1) is 0 Å². The van der Waals surface area contributed by atoms with E-state index < -0.39 is 6.10 Å². The molecule has 0 amide bonds. The lowest BCUT2D eigenvalue weighted by Crippen LogP contribution is -2.48. The first kappa shape index (κ1) is 18.0. The van der Waals surface area contributed by atoms with Gasteiger partial charge in [0, 0.05) is 50.9 Å². The number of aliphatic hydroxyl groups excluding tert-OH is 1. The highest BCUT2D eigenvalue weighted by Gasteiger charge is 2.20. The first-order chi connectivity index (χ1) is 12.2. The fourth-order valence-corrected chi connectivity index (χ4v) is 2.95. The number of halogens is 1. The second-order valence-electron chi connectivity index (χ2n) is 6.33. The molecule has 1 aliphatic rings. The quantitative estimate of drug-likeness (QED) is 0.780. The van der Waals surface area contributed by atoms with Crippen LogP contribution in [0.1, 0.15) is 11.3 Å². The number of ether oxygens (including phenoxy) is 1. The zero-order valence-electron chi connectivity index (χ0n) is 14.2. The van der Waals surface area contributed by atoms with Crippen LogP contribution in [0.5, 0.6) is 0 Å². The third kappa shape index (κ3) is 5.61. The van der Waals surface area contributed by atoms with Crippen molar-refractivity contribution in [2.24, 2.45) is 0 Å². The lowest BCUT2D eigenvalue weighted by atomic mass is 10.2. The van der Waals surface area contributed by atoms with Crippen LogP contribution in [0.2, 0.25) is 0 Å². The van der Waals surface area contributed by atoms with E-state index in [0.29, 0.717) is 12.1 Å². The van der Waals surface area contributed by atoms with Crippen molar-refractivity contribution in [1.82, 2.24) is 15.0 Å². The average molecular weight is 349 g/mol. The van der Waals surface area contributed by atoms with Gasteiger partial charge in [-0.05, 0) is 6.07 Å².